The molecule has 0 atom stereocenters. The van der Waals surface area contributed by atoms with E-state index < -0.39 is 0 Å². The zero-order valence-electron chi connectivity index (χ0n) is 14.9. The van der Waals surface area contributed by atoms with E-state index >= 15 is 0 Å². The van der Waals surface area contributed by atoms with E-state index in [0.717, 1.165) is 36.5 Å². The standard InChI is InChI=1S/C20H26N4O/c1-23(2)20-11-4-15-14-17(22)7-10-19(15)24(20)12-3-13-25-18-8-5-16(21)6-9-18/h5-11,14H,3-4,12-13,21-22H2,1-2H3. The van der Waals surface area contributed by atoms with Crippen LogP contribution in [0, 0.1) is 0 Å². The largest absolute Gasteiger partial charge is 0.494 e. The molecule has 25 heavy (non-hydrogen) atoms. The van der Waals surface area contributed by atoms with Gasteiger partial charge >= 0.3 is 0 Å². The van der Waals surface area contributed by atoms with Crippen LogP contribution in [0.5, 0.6) is 5.75 Å². The molecule has 0 fully saturated rings. The van der Waals surface area contributed by atoms with Crippen molar-refractivity contribution < 1.29 is 4.74 Å². The van der Waals surface area contributed by atoms with Gasteiger partial charge in [-0.1, -0.05) is 0 Å². The summed E-state index contributed by atoms with van der Waals surface area (Å²) in [5.41, 5.74) is 15.7. The number of fused-ring (bicyclic) bond motifs is 1. The van der Waals surface area contributed by atoms with Gasteiger partial charge in [0, 0.05) is 37.7 Å². The molecule has 1 aliphatic rings. The maximum Gasteiger partial charge on any atom is 0.119 e. The lowest BCUT2D eigenvalue weighted by Gasteiger charge is -2.36. The fraction of sp³-hybridized carbons (Fsp3) is 0.300. The number of ether oxygens (including phenoxy) is 1. The van der Waals surface area contributed by atoms with Crippen LogP contribution in [-0.2, 0) is 6.42 Å². The quantitative estimate of drug-likeness (QED) is 0.626. The molecule has 0 unspecified atom stereocenters. The molecular formula is C20H26N4O. The van der Waals surface area contributed by atoms with Crippen molar-refractivity contribution in [2.75, 3.05) is 43.6 Å². The Bertz CT molecular complexity index is 753. The van der Waals surface area contributed by atoms with E-state index in [4.69, 9.17) is 16.2 Å². The molecule has 2 aromatic rings. The summed E-state index contributed by atoms with van der Waals surface area (Å²) < 4.78 is 5.82. The summed E-state index contributed by atoms with van der Waals surface area (Å²) in [5, 5.41) is 0. The van der Waals surface area contributed by atoms with Crippen molar-refractivity contribution in [1.29, 1.82) is 0 Å². The summed E-state index contributed by atoms with van der Waals surface area (Å²) in [6.07, 6.45) is 4.08. The summed E-state index contributed by atoms with van der Waals surface area (Å²) in [7, 11) is 4.15. The smallest absolute Gasteiger partial charge is 0.119 e. The maximum absolute atomic E-state index is 5.94. The number of benzene rings is 2. The molecule has 4 N–H and O–H groups in total. The number of hydrogen-bond acceptors (Lipinski definition) is 5. The van der Waals surface area contributed by atoms with Gasteiger partial charge < -0.3 is 26.0 Å². The second kappa shape index (κ2) is 7.38. The molecule has 0 amide bonds. The third kappa shape index (κ3) is 3.99. The molecular weight excluding hydrogens is 312 g/mol. The number of nitrogens with zero attached hydrogens (tertiary/aromatic N) is 2. The van der Waals surface area contributed by atoms with Crippen molar-refractivity contribution in [2.24, 2.45) is 0 Å². The summed E-state index contributed by atoms with van der Waals surface area (Å²) in [5.74, 6) is 2.06. The van der Waals surface area contributed by atoms with Gasteiger partial charge in [-0.3, -0.25) is 0 Å². The van der Waals surface area contributed by atoms with Gasteiger partial charge in [0.25, 0.3) is 0 Å². The first-order valence-electron chi connectivity index (χ1n) is 8.56. The molecule has 0 aliphatic carbocycles. The molecule has 0 radical (unpaired) electrons. The lowest BCUT2D eigenvalue weighted by molar-refractivity contribution is 0.311. The van der Waals surface area contributed by atoms with Crippen LogP contribution < -0.4 is 21.1 Å². The molecule has 132 valence electrons. The first-order valence-corrected chi connectivity index (χ1v) is 8.56. The summed E-state index contributed by atoms with van der Waals surface area (Å²) in [4.78, 5) is 4.49. The van der Waals surface area contributed by atoms with Crippen LogP contribution in [0.4, 0.5) is 17.1 Å². The minimum atomic E-state index is 0.658. The maximum atomic E-state index is 5.94. The lowest BCUT2D eigenvalue weighted by atomic mass is 10.0. The molecule has 1 heterocycles. The fourth-order valence-corrected chi connectivity index (χ4v) is 3.10. The molecule has 0 saturated heterocycles. The molecule has 0 bridgehead atoms. The highest BCUT2D eigenvalue weighted by molar-refractivity contribution is 5.65. The number of nitrogens with two attached hydrogens (primary N) is 2. The van der Waals surface area contributed by atoms with Crippen LogP contribution in [0.2, 0.25) is 0 Å². The summed E-state index contributed by atoms with van der Waals surface area (Å²) in [6.45, 7) is 1.54. The first-order chi connectivity index (χ1) is 12.0. The Hall–Kier alpha value is -2.82. The third-order valence-electron chi connectivity index (χ3n) is 4.31. The molecule has 0 saturated carbocycles. The van der Waals surface area contributed by atoms with Gasteiger partial charge in [-0.25, -0.2) is 0 Å². The van der Waals surface area contributed by atoms with Crippen molar-refractivity contribution in [3.63, 3.8) is 0 Å². The van der Waals surface area contributed by atoms with Crippen molar-refractivity contribution >= 4 is 17.1 Å². The molecule has 0 aromatic heterocycles. The van der Waals surface area contributed by atoms with Crippen LogP contribution in [0.15, 0.2) is 54.4 Å². The number of hydrogen-bond donors (Lipinski definition) is 2. The Kier molecular flexibility index (Phi) is 5.03. The Morgan fingerprint density at radius 1 is 1.04 bits per heavy atom. The zero-order valence-corrected chi connectivity index (χ0v) is 14.9. The average Bonchev–Trinajstić information content (AvgIpc) is 2.59. The molecule has 5 heteroatoms. The van der Waals surface area contributed by atoms with Crippen LogP contribution in [0.1, 0.15) is 12.0 Å². The predicted molar refractivity (Wildman–Crippen MR) is 105 cm³/mol. The van der Waals surface area contributed by atoms with Gasteiger partial charge in [0.1, 0.15) is 11.6 Å². The van der Waals surface area contributed by atoms with E-state index in [0.29, 0.717) is 6.61 Å². The van der Waals surface area contributed by atoms with Gasteiger partial charge in [0.2, 0.25) is 0 Å². The highest BCUT2D eigenvalue weighted by Gasteiger charge is 2.21. The van der Waals surface area contributed by atoms with Crippen LogP contribution in [0.3, 0.4) is 0 Å². The second-order valence-electron chi connectivity index (χ2n) is 6.47. The Morgan fingerprint density at radius 2 is 1.76 bits per heavy atom. The molecule has 2 aromatic carbocycles. The van der Waals surface area contributed by atoms with Gasteiger partial charge in [-0.15, -0.1) is 0 Å². The number of rotatable bonds is 6. The number of anilines is 3. The topological polar surface area (TPSA) is 67.8 Å². The van der Waals surface area contributed by atoms with E-state index in [2.05, 4.69) is 42.1 Å². The molecule has 5 nitrogen and oxygen atoms in total. The van der Waals surface area contributed by atoms with Gasteiger partial charge in [0.05, 0.1) is 6.61 Å². The van der Waals surface area contributed by atoms with Crippen molar-refractivity contribution in [3.05, 3.63) is 59.9 Å². The Balaban J connectivity index is 1.65. The van der Waals surface area contributed by atoms with Crippen molar-refractivity contribution in [1.82, 2.24) is 4.90 Å². The molecule has 1 aliphatic heterocycles. The number of allylic oxidation sites excluding steroid dienone is 1. The predicted octanol–water partition coefficient (Wildman–Crippen LogP) is 3.09. The summed E-state index contributed by atoms with van der Waals surface area (Å²) >= 11 is 0. The molecule has 0 spiro atoms. The van der Waals surface area contributed by atoms with E-state index in [9.17, 15) is 0 Å². The minimum Gasteiger partial charge on any atom is -0.494 e. The van der Waals surface area contributed by atoms with E-state index in [1.165, 1.54) is 17.1 Å². The average molecular weight is 338 g/mol. The van der Waals surface area contributed by atoms with Gasteiger partial charge in [-0.05, 0) is 66.9 Å². The van der Waals surface area contributed by atoms with E-state index in [1.54, 1.807) is 0 Å². The lowest BCUT2D eigenvalue weighted by Crippen LogP contribution is -2.35. The first kappa shape index (κ1) is 17.0. The monoisotopic (exact) mass is 338 g/mol. The highest BCUT2D eigenvalue weighted by Crippen LogP contribution is 2.32. The summed E-state index contributed by atoms with van der Waals surface area (Å²) in [6, 6.07) is 13.7. The van der Waals surface area contributed by atoms with Crippen molar-refractivity contribution in [2.45, 2.75) is 12.8 Å². The van der Waals surface area contributed by atoms with Crippen molar-refractivity contribution in [3.8, 4) is 5.75 Å². The molecule has 3 rings (SSSR count). The Morgan fingerprint density at radius 3 is 2.48 bits per heavy atom. The van der Waals surface area contributed by atoms with Crippen LogP contribution in [-0.4, -0.2) is 32.1 Å². The Labute approximate surface area is 149 Å². The number of nitrogen functional groups attached to an aromatic ring is 2. The van der Waals surface area contributed by atoms with Crippen LogP contribution in [0.25, 0.3) is 0 Å². The normalized spacial score (nSPS) is 13.2. The van der Waals surface area contributed by atoms with Gasteiger partial charge in [-0.2, -0.15) is 0 Å². The van der Waals surface area contributed by atoms with Crippen LogP contribution >= 0.6 is 0 Å². The second-order valence-corrected chi connectivity index (χ2v) is 6.47. The van der Waals surface area contributed by atoms with E-state index in [1.807, 2.05) is 30.3 Å². The van der Waals surface area contributed by atoms with E-state index in [-0.39, 0.29) is 0 Å². The van der Waals surface area contributed by atoms with Gasteiger partial charge in [0.15, 0.2) is 0 Å². The SMILES string of the molecule is CN(C)C1=CCc2cc(N)ccc2N1CCCOc1ccc(N)cc1. The zero-order chi connectivity index (χ0) is 17.8. The fourth-order valence-electron chi connectivity index (χ4n) is 3.10. The highest BCUT2D eigenvalue weighted by atomic mass is 16.5. The third-order valence-corrected chi connectivity index (χ3v) is 4.31. The minimum absolute atomic E-state index is 0.658.